The molecule has 1 aliphatic heterocycles. The van der Waals surface area contributed by atoms with Crippen LogP contribution in [0.1, 0.15) is 41.3 Å². The van der Waals surface area contributed by atoms with Crippen molar-refractivity contribution in [3.63, 3.8) is 0 Å². The van der Waals surface area contributed by atoms with Crippen molar-refractivity contribution in [1.82, 2.24) is 4.90 Å². The quantitative estimate of drug-likeness (QED) is 0.592. The third kappa shape index (κ3) is 2.99. The van der Waals surface area contributed by atoms with Crippen LogP contribution in [0.2, 0.25) is 0 Å². The van der Waals surface area contributed by atoms with Gasteiger partial charge in [0.25, 0.3) is 0 Å². The Labute approximate surface area is 155 Å². The molecule has 0 saturated heterocycles. The smallest absolute Gasteiger partial charge is 0.118 e. The van der Waals surface area contributed by atoms with Gasteiger partial charge in [-0.05, 0) is 47.4 Å². The molecule has 2 atom stereocenters. The highest BCUT2D eigenvalue weighted by atomic mass is 16.5. The molecule has 0 spiro atoms. The Morgan fingerprint density at radius 3 is 2.27 bits per heavy atom. The summed E-state index contributed by atoms with van der Waals surface area (Å²) in [6.07, 6.45) is 4.45. The van der Waals surface area contributed by atoms with Crippen LogP contribution in [0.5, 0.6) is 5.75 Å². The molecule has 130 valence electrons. The van der Waals surface area contributed by atoms with E-state index in [1.807, 2.05) is 12.1 Å². The molecule has 0 aromatic heterocycles. The van der Waals surface area contributed by atoms with Crippen LogP contribution in [0.15, 0.2) is 85.1 Å². The number of ether oxygens (including phenoxy) is 1. The van der Waals surface area contributed by atoms with Gasteiger partial charge in [-0.2, -0.15) is 0 Å². The third-order valence-corrected chi connectivity index (χ3v) is 5.18. The zero-order valence-corrected chi connectivity index (χ0v) is 15.2. The van der Waals surface area contributed by atoms with Gasteiger partial charge in [0.1, 0.15) is 5.75 Å². The number of benzene rings is 3. The molecule has 0 unspecified atom stereocenters. The highest BCUT2D eigenvalue weighted by Gasteiger charge is 2.28. The largest absolute Gasteiger partial charge is 0.497 e. The molecule has 4 rings (SSSR count). The van der Waals surface area contributed by atoms with Crippen LogP contribution in [0.4, 0.5) is 0 Å². The Morgan fingerprint density at radius 2 is 1.54 bits per heavy atom. The number of fused-ring (bicyclic) bond motifs is 1. The summed E-state index contributed by atoms with van der Waals surface area (Å²) in [5.74, 6) is 0.885. The predicted octanol–water partition coefficient (Wildman–Crippen LogP) is 5.83. The van der Waals surface area contributed by atoms with E-state index >= 15 is 0 Å². The average molecular weight is 341 g/mol. The molecule has 0 amide bonds. The van der Waals surface area contributed by atoms with Crippen LogP contribution >= 0.6 is 0 Å². The maximum absolute atomic E-state index is 5.34. The van der Waals surface area contributed by atoms with E-state index in [0.29, 0.717) is 0 Å². The summed E-state index contributed by atoms with van der Waals surface area (Å²) in [6, 6.07) is 28.2. The van der Waals surface area contributed by atoms with Crippen molar-refractivity contribution in [3.05, 3.63) is 107 Å². The molecule has 0 aliphatic carbocycles. The first-order valence-corrected chi connectivity index (χ1v) is 9.01. The van der Waals surface area contributed by atoms with Crippen LogP contribution in [0, 0.1) is 0 Å². The summed E-state index contributed by atoms with van der Waals surface area (Å²) in [4.78, 5) is 2.44. The monoisotopic (exact) mass is 341 g/mol. The fourth-order valence-corrected chi connectivity index (χ4v) is 3.72. The van der Waals surface area contributed by atoms with E-state index in [4.69, 9.17) is 4.74 Å². The zero-order chi connectivity index (χ0) is 17.9. The summed E-state index contributed by atoms with van der Waals surface area (Å²) in [5.41, 5.74) is 5.20. The number of nitrogens with zero attached hydrogens (tertiary/aromatic N) is 1. The zero-order valence-electron chi connectivity index (χ0n) is 15.2. The Bertz CT molecular complexity index is 899. The van der Waals surface area contributed by atoms with Crippen molar-refractivity contribution >= 4 is 6.08 Å². The molecule has 0 fully saturated rings. The van der Waals surface area contributed by atoms with Crippen molar-refractivity contribution in [3.8, 4) is 5.75 Å². The van der Waals surface area contributed by atoms with Crippen LogP contribution < -0.4 is 4.74 Å². The van der Waals surface area contributed by atoms with Gasteiger partial charge in [0.05, 0.1) is 19.2 Å². The predicted molar refractivity (Wildman–Crippen MR) is 107 cm³/mol. The minimum absolute atomic E-state index is 0.178. The van der Waals surface area contributed by atoms with Gasteiger partial charge in [0.15, 0.2) is 0 Å². The van der Waals surface area contributed by atoms with Crippen molar-refractivity contribution in [2.75, 3.05) is 7.11 Å². The molecular formula is C24H23NO. The lowest BCUT2D eigenvalue weighted by atomic mass is 9.89. The fraction of sp³-hybridized carbons (Fsp3) is 0.167. The van der Waals surface area contributed by atoms with E-state index in [9.17, 15) is 0 Å². The molecule has 0 bridgehead atoms. The summed E-state index contributed by atoms with van der Waals surface area (Å²) in [5, 5.41) is 0. The third-order valence-electron chi connectivity index (χ3n) is 5.18. The van der Waals surface area contributed by atoms with Gasteiger partial charge in [0, 0.05) is 6.20 Å². The first kappa shape index (κ1) is 16.5. The maximum atomic E-state index is 5.34. The van der Waals surface area contributed by atoms with Crippen molar-refractivity contribution < 1.29 is 4.74 Å². The van der Waals surface area contributed by atoms with Gasteiger partial charge >= 0.3 is 0 Å². The molecule has 1 heterocycles. The van der Waals surface area contributed by atoms with E-state index in [1.54, 1.807) is 7.11 Å². The molecule has 3 aromatic rings. The molecule has 2 nitrogen and oxygen atoms in total. The standard InChI is InChI=1S/C24H23NO/c1-18(19-8-4-3-5-9-19)25-17-16-20-10-6-7-11-23(20)24(25)21-12-14-22(26-2)15-13-21/h3-18,24H,1-2H3/t18-,24+/m1/s1. The number of hydrogen-bond donors (Lipinski definition) is 0. The van der Waals surface area contributed by atoms with E-state index in [1.165, 1.54) is 22.3 Å². The summed E-state index contributed by atoms with van der Waals surface area (Å²) >= 11 is 0. The van der Waals surface area contributed by atoms with Crippen LogP contribution in [0.3, 0.4) is 0 Å². The summed E-state index contributed by atoms with van der Waals surface area (Å²) in [6.45, 7) is 2.27. The fourth-order valence-electron chi connectivity index (χ4n) is 3.72. The minimum atomic E-state index is 0.178. The highest BCUT2D eigenvalue weighted by Crippen LogP contribution is 2.40. The SMILES string of the molecule is COc1ccc([C@H]2c3ccccc3C=CN2[C@H](C)c2ccccc2)cc1. The molecule has 1 aliphatic rings. The van der Waals surface area contributed by atoms with E-state index in [0.717, 1.165) is 5.75 Å². The summed E-state index contributed by atoms with van der Waals surface area (Å²) < 4.78 is 5.34. The second-order valence-electron chi connectivity index (χ2n) is 6.65. The van der Waals surface area contributed by atoms with Gasteiger partial charge in [-0.15, -0.1) is 0 Å². The first-order chi connectivity index (χ1) is 12.8. The summed E-state index contributed by atoms with van der Waals surface area (Å²) in [7, 11) is 1.71. The molecule has 26 heavy (non-hydrogen) atoms. The topological polar surface area (TPSA) is 12.5 Å². The second kappa shape index (κ2) is 7.09. The van der Waals surface area contributed by atoms with Crippen molar-refractivity contribution in [1.29, 1.82) is 0 Å². The number of rotatable bonds is 4. The van der Waals surface area contributed by atoms with Gasteiger partial charge in [-0.25, -0.2) is 0 Å². The molecular weight excluding hydrogens is 318 g/mol. The van der Waals surface area contributed by atoms with Crippen LogP contribution in [-0.4, -0.2) is 12.0 Å². The Morgan fingerprint density at radius 1 is 0.846 bits per heavy atom. The Balaban J connectivity index is 1.79. The average Bonchev–Trinajstić information content (AvgIpc) is 2.73. The number of methoxy groups -OCH3 is 1. The van der Waals surface area contributed by atoms with Gasteiger partial charge in [0.2, 0.25) is 0 Å². The van der Waals surface area contributed by atoms with Gasteiger partial charge in [-0.3, -0.25) is 0 Å². The van der Waals surface area contributed by atoms with Gasteiger partial charge < -0.3 is 9.64 Å². The van der Waals surface area contributed by atoms with E-state index in [-0.39, 0.29) is 12.1 Å². The van der Waals surface area contributed by atoms with Crippen molar-refractivity contribution in [2.24, 2.45) is 0 Å². The molecule has 0 N–H and O–H groups in total. The molecule has 3 aromatic carbocycles. The minimum Gasteiger partial charge on any atom is -0.497 e. The Hall–Kier alpha value is -3.00. The lowest BCUT2D eigenvalue weighted by Gasteiger charge is -2.39. The molecule has 2 heteroatoms. The van der Waals surface area contributed by atoms with E-state index in [2.05, 4.69) is 90.8 Å². The van der Waals surface area contributed by atoms with E-state index < -0.39 is 0 Å². The lowest BCUT2D eigenvalue weighted by molar-refractivity contribution is 0.246. The van der Waals surface area contributed by atoms with Crippen LogP contribution in [0.25, 0.3) is 6.08 Å². The molecule has 0 saturated carbocycles. The lowest BCUT2D eigenvalue weighted by Crippen LogP contribution is -2.30. The Kier molecular flexibility index (Phi) is 4.49. The highest BCUT2D eigenvalue weighted by molar-refractivity contribution is 5.59. The van der Waals surface area contributed by atoms with Crippen molar-refractivity contribution in [2.45, 2.75) is 19.0 Å². The maximum Gasteiger partial charge on any atom is 0.118 e. The van der Waals surface area contributed by atoms with Crippen LogP contribution in [-0.2, 0) is 0 Å². The molecule has 0 radical (unpaired) electrons. The van der Waals surface area contributed by atoms with Gasteiger partial charge in [-0.1, -0.05) is 66.7 Å². The first-order valence-electron chi connectivity index (χ1n) is 9.01. The second-order valence-corrected chi connectivity index (χ2v) is 6.65. The normalized spacial score (nSPS) is 16.8. The number of hydrogen-bond acceptors (Lipinski definition) is 2.